The van der Waals surface area contributed by atoms with Gasteiger partial charge in [-0.3, -0.25) is 9.59 Å². The van der Waals surface area contributed by atoms with E-state index in [1.165, 1.54) is 24.3 Å². The summed E-state index contributed by atoms with van der Waals surface area (Å²) >= 11 is 11.7. The van der Waals surface area contributed by atoms with Gasteiger partial charge in [-0.1, -0.05) is 35.3 Å². The maximum atomic E-state index is 13.2. The molecule has 1 amide bonds. The van der Waals surface area contributed by atoms with Gasteiger partial charge in [0, 0.05) is 30.0 Å². The SMILES string of the molecule is O=C(Nc1cc(Cl)nc(Cl)c1)C(=O)c1cn(Cc2ccc(F)cc2)c2ncccc12. The highest BCUT2D eigenvalue weighted by atomic mass is 35.5. The van der Waals surface area contributed by atoms with E-state index >= 15 is 0 Å². The molecule has 0 saturated carbocycles. The zero-order valence-electron chi connectivity index (χ0n) is 15.3. The van der Waals surface area contributed by atoms with Gasteiger partial charge in [-0.25, -0.2) is 14.4 Å². The van der Waals surface area contributed by atoms with Gasteiger partial charge in [0.1, 0.15) is 21.8 Å². The van der Waals surface area contributed by atoms with Crippen LogP contribution < -0.4 is 5.32 Å². The van der Waals surface area contributed by atoms with E-state index in [9.17, 15) is 14.0 Å². The molecule has 9 heteroatoms. The van der Waals surface area contributed by atoms with Gasteiger partial charge < -0.3 is 9.88 Å². The molecule has 1 N–H and O–H groups in total. The van der Waals surface area contributed by atoms with Crippen LogP contribution in [0.3, 0.4) is 0 Å². The second kappa shape index (κ2) is 8.22. The van der Waals surface area contributed by atoms with Gasteiger partial charge in [-0.15, -0.1) is 0 Å². The molecule has 0 fully saturated rings. The Morgan fingerprint density at radius 2 is 1.77 bits per heavy atom. The molecule has 1 aromatic carbocycles. The van der Waals surface area contributed by atoms with E-state index in [1.54, 1.807) is 41.2 Å². The van der Waals surface area contributed by atoms with Crippen LogP contribution in [0.4, 0.5) is 10.1 Å². The van der Waals surface area contributed by atoms with Crippen LogP contribution in [-0.2, 0) is 11.3 Å². The maximum absolute atomic E-state index is 13.2. The van der Waals surface area contributed by atoms with Gasteiger partial charge in [0.25, 0.3) is 11.7 Å². The van der Waals surface area contributed by atoms with Crippen LogP contribution in [0.1, 0.15) is 15.9 Å². The Morgan fingerprint density at radius 3 is 2.47 bits per heavy atom. The number of pyridine rings is 2. The predicted octanol–water partition coefficient (Wildman–Crippen LogP) is 4.75. The maximum Gasteiger partial charge on any atom is 0.296 e. The molecule has 0 radical (unpaired) electrons. The third kappa shape index (κ3) is 4.17. The van der Waals surface area contributed by atoms with Gasteiger partial charge in [0.05, 0.1) is 5.56 Å². The summed E-state index contributed by atoms with van der Waals surface area (Å²) in [5, 5.41) is 3.19. The fourth-order valence-electron chi connectivity index (χ4n) is 3.06. The minimum absolute atomic E-state index is 0.0883. The molecule has 0 aliphatic rings. The molecule has 4 rings (SSSR count). The van der Waals surface area contributed by atoms with Crippen LogP contribution in [0.15, 0.2) is 60.9 Å². The van der Waals surface area contributed by atoms with Gasteiger partial charge in [-0.2, -0.15) is 0 Å². The van der Waals surface area contributed by atoms with Crippen molar-refractivity contribution in [3.8, 4) is 0 Å². The molecule has 0 unspecified atom stereocenters. The van der Waals surface area contributed by atoms with E-state index in [0.717, 1.165) is 5.56 Å². The third-order valence-electron chi connectivity index (χ3n) is 4.37. The van der Waals surface area contributed by atoms with Crippen molar-refractivity contribution in [3.05, 3.63) is 88.2 Å². The summed E-state index contributed by atoms with van der Waals surface area (Å²) in [5.74, 6) is -1.92. The normalized spacial score (nSPS) is 10.9. The lowest BCUT2D eigenvalue weighted by molar-refractivity contribution is -0.112. The molecule has 0 aliphatic carbocycles. The molecular weight excluding hydrogens is 430 g/mol. The smallest absolute Gasteiger partial charge is 0.296 e. The molecule has 0 bridgehead atoms. The van der Waals surface area contributed by atoms with Crippen LogP contribution in [0.25, 0.3) is 11.0 Å². The fourth-order valence-corrected chi connectivity index (χ4v) is 3.52. The fraction of sp³-hybridized carbons (Fsp3) is 0.0476. The Balaban J connectivity index is 1.65. The van der Waals surface area contributed by atoms with Gasteiger partial charge in [-0.05, 0) is 42.0 Å². The molecule has 3 aromatic heterocycles. The number of benzene rings is 1. The van der Waals surface area contributed by atoms with E-state index in [4.69, 9.17) is 23.2 Å². The van der Waals surface area contributed by atoms with Crippen molar-refractivity contribution in [2.24, 2.45) is 0 Å². The van der Waals surface area contributed by atoms with Crippen molar-refractivity contribution in [1.29, 1.82) is 0 Å². The quantitative estimate of drug-likeness (QED) is 0.275. The second-order valence-electron chi connectivity index (χ2n) is 6.46. The van der Waals surface area contributed by atoms with Gasteiger partial charge in [0.15, 0.2) is 0 Å². The zero-order valence-corrected chi connectivity index (χ0v) is 16.8. The Bertz CT molecular complexity index is 1250. The minimum Gasteiger partial charge on any atom is -0.327 e. The van der Waals surface area contributed by atoms with E-state index < -0.39 is 11.7 Å². The summed E-state index contributed by atoms with van der Waals surface area (Å²) in [7, 11) is 0. The highest BCUT2D eigenvalue weighted by Crippen LogP contribution is 2.23. The molecule has 0 atom stereocenters. The number of halogens is 3. The van der Waals surface area contributed by atoms with E-state index in [1.807, 2.05) is 0 Å². The van der Waals surface area contributed by atoms with Crippen molar-refractivity contribution in [1.82, 2.24) is 14.5 Å². The molecular formula is C21H13Cl2FN4O2. The highest BCUT2D eigenvalue weighted by Gasteiger charge is 2.22. The van der Waals surface area contributed by atoms with Crippen LogP contribution in [-0.4, -0.2) is 26.2 Å². The number of rotatable bonds is 5. The van der Waals surface area contributed by atoms with E-state index in [2.05, 4.69) is 15.3 Å². The summed E-state index contributed by atoms with van der Waals surface area (Å²) < 4.78 is 14.9. The molecule has 0 spiro atoms. The molecule has 0 aliphatic heterocycles. The second-order valence-corrected chi connectivity index (χ2v) is 7.23. The molecule has 150 valence electrons. The third-order valence-corrected chi connectivity index (χ3v) is 4.76. The lowest BCUT2D eigenvalue weighted by Gasteiger charge is -2.05. The Kier molecular flexibility index (Phi) is 5.48. The number of amides is 1. The minimum atomic E-state index is -0.849. The summed E-state index contributed by atoms with van der Waals surface area (Å²) in [4.78, 5) is 33.5. The van der Waals surface area contributed by atoms with Crippen LogP contribution in [0, 0.1) is 5.82 Å². The molecule has 4 aromatic rings. The monoisotopic (exact) mass is 442 g/mol. The summed E-state index contributed by atoms with van der Waals surface area (Å²) in [6.07, 6.45) is 3.16. The predicted molar refractivity (Wildman–Crippen MR) is 112 cm³/mol. The number of fused-ring (bicyclic) bond motifs is 1. The van der Waals surface area contributed by atoms with Crippen LogP contribution >= 0.6 is 23.2 Å². The number of hydrogen-bond donors (Lipinski definition) is 1. The van der Waals surface area contributed by atoms with Gasteiger partial charge >= 0.3 is 0 Å². The summed E-state index contributed by atoms with van der Waals surface area (Å²) in [5.41, 5.74) is 1.81. The topological polar surface area (TPSA) is 76.9 Å². The Morgan fingerprint density at radius 1 is 1.07 bits per heavy atom. The van der Waals surface area contributed by atoms with Crippen molar-refractivity contribution < 1.29 is 14.0 Å². The van der Waals surface area contributed by atoms with Crippen molar-refractivity contribution in [3.63, 3.8) is 0 Å². The average Bonchev–Trinajstić information content (AvgIpc) is 3.07. The Labute approximate surface area is 180 Å². The average molecular weight is 443 g/mol. The number of Topliss-reactive ketones (excluding diaryl/α,β-unsaturated/α-hetero) is 1. The first-order valence-corrected chi connectivity index (χ1v) is 9.53. The van der Waals surface area contributed by atoms with Crippen molar-refractivity contribution in [2.75, 3.05) is 5.32 Å². The first kappa shape index (κ1) is 20.0. The number of anilines is 1. The lowest BCUT2D eigenvalue weighted by atomic mass is 10.1. The Hall–Kier alpha value is -3.29. The first-order chi connectivity index (χ1) is 14.4. The number of nitrogens with zero attached hydrogens (tertiary/aromatic N) is 3. The standard InChI is InChI=1S/C21H13Cl2FN4O2/c22-17-8-14(9-18(23)27-17)26-21(30)19(29)16-11-28(20-15(16)2-1-7-25-20)10-12-3-5-13(24)6-4-12/h1-9,11H,10H2,(H,26,27,30). The number of nitrogens with one attached hydrogen (secondary N) is 1. The van der Waals surface area contributed by atoms with E-state index in [-0.39, 0.29) is 27.4 Å². The first-order valence-electron chi connectivity index (χ1n) is 8.78. The highest BCUT2D eigenvalue weighted by molar-refractivity contribution is 6.48. The zero-order chi connectivity index (χ0) is 21.3. The number of ketones is 1. The van der Waals surface area contributed by atoms with Crippen molar-refractivity contribution >= 4 is 51.6 Å². The lowest BCUT2D eigenvalue weighted by Crippen LogP contribution is -2.22. The number of carbonyl (C=O) groups is 2. The molecule has 6 nitrogen and oxygen atoms in total. The largest absolute Gasteiger partial charge is 0.327 e. The van der Waals surface area contributed by atoms with Crippen LogP contribution in [0.5, 0.6) is 0 Å². The molecule has 0 saturated heterocycles. The summed E-state index contributed by atoms with van der Waals surface area (Å²) in [6, 6.07) is 12.2. The van der Waals surface area contributed by atoms with Crippen LogP contribution in [0.2, 0.25) is 10.3 Å². The number of carbonyl (C=O) groups excluding carboxylic acids is 2. The number of aromatic nitrogens is 3. The van der Waals surface area contributed by atoms with Crippen molar-refractivity contribution in [2.45, 2.75) is 6.54 Å². The molecule has 3 heterocycles. The van der Waals surface area contributed by atoms with E-state index in [0.29, 0.717) is 17.6 Å². The van der Waals surface area contributed by atoms with Gasteiger partial charge in [0.2, 0.25) is 0 Å². The molecule has 30 heavy (non-hydrogen) atoms. The number of hydrogen-bond acceptors (Lipinski definition) is 4. The summed E-state index contributed by atoms with van der Waals surface area (Å²) in [6.45, 7) is 0.359.